The molecule has 0 spiro atoms. The van der Waals surface area contributed by atoms with Crippen LogP contribution in [0.2, 0.25) is 0 Å². The van der Waals surface area contributed by atoms with Gasteiger partial charge in [-0.1, -0.05) is 0 Å². The van der Waals surface area contributed by atoms with Crippen molar-refractivity contribution in [3.8, 4) is 0 Å². The molecule has 2 heterocycles. The molecule has 8 heteroatoms. The Hall–Kier alpha value is -1.67. The maximum Gasteiger partial charge on any atom is 0.303 e. The van der Waals surface area contributed by atoms with E-state index in [-0.39, 0.29) is 6.61 Å². The molecule has 2 rings (SSSR count). The number of rotatable bonds is 3. The Morgan fingerprint density at radius 1 is 0.850 bits per heavy atom. The molecule has 0 unspecified atom stereocenters. The van der Waals surface area contributed by atoms with Crippen LogP contribution in [0.15, 0.2) is 0 Å². The molecule has 0 radical (unpaired) electrons. The Labute approximate surface area is 115 Å². The first kappa shape index (κ1) is 14.7. The van der Waals surface area contributed by atoms with E-state index in [9.17, 15) is 14.4 Å². The van der Waals surface area contributed by atoms with Crippen LogP contribution in [-0.4, -0.2) is 55.2 Å². The number of hydrogen-bond donors (Lipinski definition) is 0. The van der Waals surface area contributed by atoms with Gasteiger partial charge in [0.25, 0.3) is 0 Å². The number of carbonyl (C=O) groups excluding carboxylic acids is 3. The molecule has 112 valence electrons. The molecule has 0 aromatic rings. The third kappa shape index (κ3) is 3.07. The first-order valence-electron chi connectivity index (χ1n) is 6.17. The van der Waals surface area contributed by atoms with Gasteiger partial charge in [0.1, 0.15) is 6.10 Å². The maximum atomic E-state index is 11.2. The summed E-state index contributed by atoms with van der Waals surface area (Å²) in [4.78, 5) is 33.6. The van der Waals surface area contributed by atoms with Crippen LogP contribution in [0.5, 0.6) is 0 Å². The van der Waals surface area contributed by atoms with Gasteiger partial charge in [-0.2, -0.15) is 0 Å². The first-order chi connectivity index (χ1) is 9.38. The van der Waals surface area contributed by atoms with Crippen LogP contribution in [0, 0.1) is 0 Å². The minimum absolute atomic E-state index is 0.165. The summed E-state index contributed by atoms with van der Waals surface area (Å²) < 4.78 is 26.2. The van der Waals surface area contributed by atoms with E-state index < -0.39 is 48.6 Å². The summed E-state index contributed by atoms with van der Waals surface area (Å²) in [6.45, 7) is 3.83. The van der Waals surface area contributed by atoms with E-state index in [1.54, 1.807) is 0 Å². The maximum absolute atomic E-state index is 11.2. The molecule has 2 saturated heterocycles. The Morgan fingerprint density at radius 3 is 1.90 bits per heavy atom. The number of hydrogen-bond acceptors (Lipinski definition) is 8. The van der Waals surface area contributed by atoms with Gasteiger partial charge in [0.15, 0.2) is 24.6 Å². The smallest absolute Gasteiger partial charge is 0.303 e. The molecule has 2 aliphatic rings. The quantitative estimate of drug-likeness (QED) is 0.508. The van der Waals surface area contributed by atoms with Crippen LogP contribution in [0.1, 0.15) is 20.8 Å². The molecule has 0 aliphatic carbocycles. The minimum Gasteiger partial charge on any atom is -0.456 e. The van der Waals surface area contributed by atoms with E-state index in [2.05, 4.69) is 0 Å². The van der Waals surface area contributed by atoms with Crippen LogP contribution >= 0.6 is 0 Å². The van der Waals surface area contributed by atoms with Crippen molar-refractivity contribution >= 4 is 17.9 Å². The predicted molar refractivity (Wildman–Crippen MR) is 61.3 cm³/mol. The van der Waals surface area contributed by atoms with Crippen LogP contribution in [-0.2, 0) is 38.1 Å². The molecule has 0 amide bonds. The fourth-order valence-corrected chi connectivity index (χ4v) is 2.31. The van der Waals surface area contributed by atoms with Gasteiger partial charge in [0.05, 0.1) is 6.61 Å². The number of esters is 3. The fourth-order valence-electron chi connectivity index (χ4n) is 2.31. The van der Waals surface area contributed by atoms with E-state index in [0.29, 0.717) is 0 Å². The van der Waals surface area contributed by atoms with E-state index >= 15 is 0 Å². The SMILES string of the molecule is CC(=O)O[C@H]1[C@@H](OC(C)=O)[C@H]2CO[C@H](O2)[C@@H]1OC(C)=O. The molecule has 0 aromatic heterocycles. The van der Waals surface area contributed by atoms with Crippen molar-refractivity contribution in [2.24, 2.45) is 0 Å². The Balaban J connectivity index is 2.24. The normalized spacial score (nSPS) is 35.2. The lowest BCUT2D eigenvalue weighted by Gasteiger charge is -2.38. The average molecular weight is 288 g/mol. The van der Waals surface area contributed by atoms with Crippen molar-refractivity contribution in [2.45, 2.75) is 51.5 Å². The topological polar surface area (TPSA) is 97.4 Å². The number of fused-ring (bicyclic) bond motifs is 2. The van der Waals surface area contributed by atoms with Gasteiger partial charge >= 0.3 is 17.9 Å². The second-order valence-electron chi connectivity index (χ2n) is 4.60. The zero-order chi connectivity index (χ0) is 14.9. The number of ether oxygens (including phenoxy) is 5. The summed E-state index contributed by atoms with van der Waals surface area (Å²) in [6, 6.07) is 0. The van der Waals surface area contributed by atoms with E-state index in [0.717, 1.165) is 0 Å². The lowest BCUT2D eigenvalue weighted by molar-refractivity contribution is -0.250. The summed E-state index contributed by atoms with van der Waals surface area (Å²) in [7, 11) is 0. The van der Waals surface area contributed by atoms with E-state index in [4.69, 9.17) is 23.7 Å². The fraction of sp³-hybridized carbons (Fsp3) is 0.750. The third-order valence-corrected chi connectivity index (χ3v) is 2.92. The summed E-state index contributed by atoms with van der Waals surface area (Å²) in [5, 5.41) is 0. The van der Waals surface area contributed by atoms with Crippen LogP contribution in [0.25, 0.3) is 0 Å². The monoisotopic (exact) mass is 288 g/mol. The first-order valence-corrected chi connectivity index (χ1v) is 6.17. The zero-order valence-corrected chi connectivity index (χ0v) is 11.4. The predicted octanol–water partition coefficient (Wildman–Crippen LogP) is -0.463. The van der Waals surface area contributed by atoms with Crippen molar-refractivity contribution in [1.29, 1.82) is 0 Å². The molecule has 2 fully saturated rings. The van der Waals surface area contributed by atoms with Gasteiger partial charge in [0, 0.05) is 20.8 Å². The van der Waals surface area contributed by atoms with Gasteiger partial charge in [0.2, 0.25) is 0 Å². The van der Waals surface area contributed by atoms with Gasteiger partial charge in [-0.3, -0.25) is 14.4 Å². The van der Waals surface area contributed by atoms with Gasteiger partial charge < -0.3 is 23.7 Å². The molecule has 8 nitrogen and oxygen atoms in total. The van der Waals surface area contributed by atoms with Crippen molar-refractivity contribution in [1.82, 2.24) is 0 Å². The van der Waals surface area contributed by atoms with Gasteiger partial charge in [-0.25, -0.2) is 0 Å². The second kappa shape index (κ2) is 5.76. The highest BCUT2D eigenvalue weighted by Crippen LogP contribution is 2.33. The molecule has 2 bridgehead atoms. The van der Waals surface area contributed by atoms with Crippen LogP contribution in [0.4, 0.5) is 0 Å². The van der Waals surface area contributed by atoms with E-state index in [1.807, 2.05) is 0 Å². The Bertz CT molecular complexity index is 390. The minimum atomic E-state index is -0.973. The van der Waals surface area contributed by atoms with Crippen molar-refractivity contribution in [3.05, 3.63) is 0 Å². The van der Waals surface area contributed by atoms with Crippen molar-refractivity contribution < 1.29 is 38.1 Å². The molecular formula is C12H16O8. The summed E-state index contributed by atoms with van der Waals surface area (Å²) in [5.74, 6) is -1.71. The molecule has 0 aromatic carbocycles. The lowest BCUT2D eigenvalue weighted by Crippen LogP contribution is -2.58. The standard InChI is InChI=1S/C12H16O8/c1-5(13)17-9-8-4-16-12(20-8)11(19-7(3)15)10(9)18-6(2)14/h8-12H,4H2,1-3H3/t8-,9+,10+,11-,12-/m1/s1. The molecule has 20 heavy (non-hydrogen) atoms. The van der Waals surface area contributed by atoms with E-state index in [1.165, 1.54) is 20.8 Å². The molecule has 5 atom stereocenters. The molecule has 0 saturated carbocycles. The summed E-state index contributed by atoms with van der Waals surface area (Å²) in [6.07, 6.45) is -4.19. The van der Waals surface area contributed by atoms with Crippen LogP contribution in [0.3, 0.4) is 0 Å². The lowest BCUT2D eigenvalue weighted by atomic mass is 10.00. The van der Waals surface area contributed by atoms with Gasteiger partial charge in [-0.15, -0.1) is 0 Å². The summed E-state index contributed by atoms with van der Waals surface area (Å²) in [5.41, 5.74) is 0. The van der Waals surface area contributed by atoms with Crippen LogP contribution < -0.4 is 0 Å². The molecule has 0 N–H and O–H groups in total. The highest BCUT2D eigenvalue weighted by molar-refractivity contribution is 5.68. The third-order valence-electron chi connectivity index (χ3n) is 2.92. The second-order valence-corrected chi connectivity index (χ2v) is 4.60. The highest BCUT2D eigenvalue weighted by atomic mass is 16.8. The molecule has 2 aliphatic heterocycles. The van der Waals surface area contributed by atoms with Crippen molar-refractivity contribution in [2.75, 3.05) is 6.61 Å². The Morgan fingerprint density at radius 2 is 1.35 bits per heavy atom. The largest absolute Gasteiger partial charge is 0.456 e. The zero-order valence-electron chi connectivity index (χ0n) is 11.4. The summed E-state index contributed by atoms with van der Waals surface area (Å²) >= 11 is 0. The number of carbonyl (C=O) groups is 3. The molecular weight excluding hydrogens is 272 g/mol. The highest BCUT2D eigenvalue weighted by Gasteiger charge is 2.55. The van der Waals surface area contributed by atoms with Crippen molar-refractivity contribution in [3.63, 3.8) is 0 Å². The Kier molecular flexibility index (Phi) is 4.24. The van der Waals surface area contributed by atoms with Gasteiger partial charge in [-0.05, 0) is 0 Å². The average Bonchev–Trinajstić information content (AvgIpc) is 2.74.